The largest absolute Gasteiger partial charge is 0.338 e. The molecule has 94 valence electrons. The molecule has 1 heterocycles. The topological polar surface area (TPSA) is 99.8 Å². The summed E-state index contributed by atoms with van der Waals surface area (Å²) in [5.74, 6) is 0.312. The van der Waals surface area contributed by atoms with Gasteiger partial charge in [-0.3, -0.25) is 15.2 Å². The fourth-order valence-electron chi connectivity index (χ4n) is 1.00. The van der Waals surface area contributed by atoms with E-state index in [1.807, 2.05) is 0 Å². The molecule has 0 aliphatic heterocycles. The van der Waals surface area contributed by atoms with Crippen molar-refractivity contribution in [1.82, 2.24) is 25.8 Å². The second kappa shape index (κ2) is 6.24. The van der Waals surface area contributed by atoms with E-state index in [0.717, 1.165) is 0 Å². The van der Waals surface area contributed by atoms with Crippen LogP contribution in [0.5, 0.6) is 0 Å². The first kappa shape index (κ1) is 13.5. The van der Waals surface area contributed by atoms with Crippen LogP contribution in [-0.4, -0.2) is 38.9 Å². The summed E-state index contributed by atoms with van der Waals surface area (Å²) < 4.78 is 0. The zero-order valence-electron chi connectivity index (χ0n) is 9.90. The number of aromatic amines is 1. The molecule has 1 unspecified atom stereocenters. The number of nitrogens with one attached hydrogen (secondary N) is 3. The van der Waals surface area contributed by atoms with E-state index in [0.29, 0.717) is 17.5 Å². The van der Waals surface area contributed by atoms with Crippen LogP contribution < -0.4 is 10.6 Å². The van der Waals surface area contributed by atoms with Gasteiger partial charge in [0.15, 0.2) is 0 Å². The van der Waals surface area contributed by atoms with E-state index in [-0.39, 0.29) is 5.91 Å². The van der Waals surface area contributed by atoms with Crippen molar-refractivity contribution in [2.24, 2.45) is 0 Å². The lowest BCUT2D eigenvalue weighted by molar-refractivity contribution is -0.119. The van der Waals surface area contributed by atoms with Crippen LogP contribution in [0, 0.1) is 6.92 Å². The summed E-state index contributed by atoms with van der Waals surface area (Å²) in [6.07, 6.45) is 0. The first-order chi connectivity index (χ1) is 8.02. The molecule has 0 fully saturated rings. The van der Waals surface area contributed by atoms with Crippen molar-refractivity contribution in [3.05, 3.63) is 5.82 Å². The number of hydrogen-bond donors (Lipinski definition) is 3. The summed E-state index contributed by atoms with van der Waals surface area (Å²) in [7, 11) is 0. The SMILES string of the molecule is CCNC(=O)NC(=O)C(C)Sc1n[nH]c(C)n1. The summed E-state index contributed by atoms with van der Waals surface area (Å²) in [6, 6.07) is -0.490. The first-order valence-electron chi connectivity index (χ1n) is 5.17. The Morgan fingerprint density at radius 2 is 2.24 bits per heavy atom. The van der Waals surface area contributed by atoms with Crippen LogP contribution in [0.15, 0.2) is 5.16 Å². The number of aromatic nitrogens is 3. The number of imide groups is 1. The summed E-state index contributed by atoms with van der Waals surface area (Å²) in [5.41, 5.74) is 0. The van der Waals surface area contributed by atoms with Crippen molar-refractivity contribution >= 4 is 23.7 Å². The van der Waals surface area contributed by atoms with Gasteiger partial charge >= 0.3 is 6.03 Å². The summed E-state index contributed by atoms with van der Waals surface area (Å²) in [6.45, 7) is 5.71. The van der Waals surface area contributed by atoms with E-state index in [2.05, 4.69) is 25.8 Å². The minimum absolute atomic E-state index is 0.372. The van der Waals surface area contributed by atoms with Crippen LogP contribution in [0.25, 0.3) is 0 Å². The molecule has 1 atom stereocenters. The number of aryl methyl sites for hydroxylation is 1. The van der Waals surface area contributed by atoms with Crippen molar-refractivity contribution in [2.75, 3.05) is 6.54 Å². The highest BCUT2D eigenvalue weighted by Gasteiger charge is 2.18. The van der Waals surface area contributed by atoms with Gasteiger partial charge in [0, 0.05) is 6.54 Å². The lowest BCUT2D eigenvalue weighted by Crippen LogP contribution is -2.42. The number of nitrogens with zero attached hydrogens (tertiary/aromatic N) is 2. The molecule has 0 saturated heterocycles. The Morgan fingerprint density at radius 1 is 1.53 bits per heavy atom. The fourth-order valence-corrected chi connectivity index (χ4v) is 1.77. The minimum Gasteiger partial charge on any atom is -0.338 e. The molecule has 17 heavy (non-hydrogen) atoms. The molecule has 8 heteroatoms. The quantitative estimate of drug-likeness (QED) is 0.680. The van der Waals surface area contributed by atoms with E-state index in [1.165, 1.54) is 11.8 Å². The number of carbonyl (C=O) groups excluding carboxylic acids is 2. The van der Waals surface area contributed by atoms with Gasteiger partial charge in [0.05, 0.1) is 5.25 Å². The maximum atomic E-state index is 11.6. The Bertz CT molecular complexity index is 406. The van der Waals surface area contributed by atoms with Crippen molar-refractivity contribution in [1.29, 1.82) is 0 Å². The third kappa shape index (κ3) is 4.43. The van der Waals surface area contributed by atoms with Crippen molar-refractivity contribution in [3.63, 3.8) is 0 Å². The number of carbonyl (C=O) groups is 2. The van der Waals surface area contributed by atoms with E-state index in [1.54, 1.807) is 20.8 Å². The Kier molecular flexibility index (Phi) is 4.95. The molecule has 1 rings (SSSR count). The van der Waals surface area contributed by atoms with Gasteiger partial charge in [-0.25, -0.2) is 9.78 Å². The molecule has 1 aromatic heterocycles. The highest BCUT2D eigenvalue weighted by atomic mass is 32.2. The summed E-state index contributed by atoms with van der Waals surface area (Å²) >= 11 is 1.19. The molecule has 7 nitrogen and oxygen atoms in total. The molecule has 3 amide bonds. The molecule has 3 N–H and O–H groups in total. The highest BCUT2D eigenvalue weighted by Crippen LogP contribution is 2.18. The number of urea groups is 1. The number of rotatable bonds is 4. The fraction of sp³-hybridized carbons (Fsp3) is 0.556. The third-order valence-electron chi connectivity index (χ3n) is 1.80. The Morgan fingerprint density at radius 3 is 2.76 bits per heavy atom. The van der Waals surface area contributed by atoms with Crippen LogP contribution in [0.1, 0.15) is 19.7 Å². The van der Waals surface area contributed by atoms with Crippen LogP contribution >= 0.6 is 11.8 Å². The predicted molar refractivity (Wildman–Crippen MR) is 63.7 cm³/mol. The Labute approximate surface area is 103 Å². The number of thioether (sulfide) groups is 1. The molecule has 0 spiro atoms. The average Bonchev–Trinajstić information content (AvgIpc) is 2.64. The Balaban J connectivity index is 2.44. The van der Waals surface area contributed by atoms with Gasteiger partial charge in [-0.1, -0.05) is 11.8 Å². The molecular formula is C9H15N5O2S. The van der Waals surface area contributed by atoms with E-state index in [4.69, 9.17) is 0 Å². The molecule has 0 aromatic carbocycles. The second-order valence-corrected chi connectivity index (χ2v) is 4.62. The number of amides is 3. The van der Waals surface area contributed by atoms with E-state index >= 15 is 0 Å². The molecule has 0 aliphatic rings. The zero-order chi connectivity index (χ0) is 12.8. The van der Waals surface area contributed by atoms with Crippen LogP contribution in [0.2, 0.25) is 0 Å². The lowest BCUT2D eigenvalue weighted by Gasteiger charge is -2.09. The molecular weight excluding hydrogens is 242 g/mol. The van der Waals surface area contributed by atoms with E-state index in [9.17, 15) is 9.59 Å². The molecule has 0 saturated carbocycles. The highest BCUT2D eigenvalue weighted by molar-refractivity contribution is 8.00. The predicted octanol–water partition coefficient (Wildman–Crippen LogP) is 0.439. The van der Waals surface area contributed by atoms with Gasteiger partial charge in [-0.05, 0) is 20.8 Å². The molecule has 0 aliphatic carbocycles. The van der Waals surface area contributed by atoms with Crippen molar-refractivity contribution < 1.29 is 9.59 Å². The summed E-state index contributed by atoms with van der Waals surface area (Å²) in [5, 5.41) is 11.3. The van der Waals surface area contributed by atoms with E-state index < -0.39 is 11.3 Å². The van der Waals surface area contributed by atoms with Crippen LogP contribution in [-0.2, 0) is 4.79 Å². The molecule has 0 bridgehead atoms. The van der Waals surface area contributed by atoms with Crippen molar-refractivity contribution in [3.8, 4) is 0 Å². The minimum atomic E-state index is -0.490. The van der Waals surface area contributed by atoms with Gasteiger partial charge in [-0.15, -0.1) is 5.10 Å². The maximum absolute atomic E-state index is 11.6. The monoisotopic (exact) mass is 257 g/mol. The standard InChI is InChI=1S/C9H15N5O2S/c1-4-10-8(16)12-7(15)5(2)17-9-11-6(3)13-14-9/h5H,4H2,1-3H3,(H,11,13,14)(H2,10,12,15,16). The maximum Gasteiger partial charge on any atom is 0.321 e. The van der Waals surface area contributed by atoms with Gasteiger partial charge in [-0.2, -0.15) is 0 Å². The first-order valence-corrected chi connectivity index (χ1v) is 6.05. The van der Waals surface area contributed by atoms with Gasteiger partial charge in [0.1, 0.15) is 5.82 Å². The number of hydrogen-bond acceptors (Lipinski definition) is 5. The van der Waals surface area contributed by atoms with Gasteiger partial charge < -0.3 is 5.32 Å². The zero-order valence-corrected chi connectivity index (χ0v) is 10.7. The van der Waals surface area contributed by atoms with Gasteiger partial charge in [0.25, 0.3) is 0 Å². The average molecular weight is 257 g/mol. The van der Waals surface area contributed by atoms with Gasteiger partial charge in [0.2, 0.25) is 11.1 Å². The Hall–Kier alpha value is -1.57. The third-order valence-corrected chi connectivity index (χ3v) is 2.76. The molecule has 1 aromatic rings. The molecule has 0 radical (unpaired) electrons. The van der Waals surface area contributed by atoms with Crippen LogP contribution in [0.4, 0.5) is 4.79 Å². The normalized spacial score (nSPS) is 11.9. The summed E-state index contributed by atoms with van der Waals surface area (Å²) in [4.78, 5) is 26.8. The number of H-pyrrole nitrogens is 1. The van der Waals surface area contributed by atoms with Crippen LogP contribution in [0.3, 0.4) is 0 Å². The smallest absolute Gasteiger partial charge is 0.321 e. The lowest BCUT2D eigenvalue weighted by atomic mass is 10.4. The van der Waals surface area contributed by atoms with Crippen molar-refractivity contribution in [2.45, 2.75) is 31.2 Å². The second-order valence-electron chi connectivity index (χ2n) is 3.31.